The first-order valence-electron chi connectivity index (χ1n) is 7.40. The molecule has 1 amide bonds. The average Bonchev–Trinajstić information content (AvgIpc) is 2.54. The summed E-state index contributed by atoms with van der Waals surface area (Å²) < 4.78 is 0. The Morgan fingerprint density at radius 3 is 2.76 bits per heavy atom. The Labute approximate surface area is 128 Å². The summed E-state index contributed by atoms with van der Waals surface area (Å²) in [4.78, 5) is 25.9. The van der Waals surface area contributed by atoms with Crippen molar-refractivity contribution in [1.82, 2.24) is 0 Å². The van der Waals surface area contributed by atoms with Gasteiger partial charge in [-0.2, -0.15) is 0 Å². The fourth-order valence-electron chi connectivity index (χ4n) is 3.08. The fourth-order valence-corrected chi connectivity index (χ4v) is 4.34. The number of fused-ring (bicyclic) bond motifs is 1. The molecule has 21 heavy (non-hydrogen) atoms. The molecule has 112 valence electrons. The van der Waals surface area contributed by atoms with Gasteiger partial charge in [0.1, 0.15) is 0 Å². The number of thioether (sulfide) groups is 1. The van der Waals surface area contributed by atoms with E-state index < -0.39 is 11.9 Å². The van der Waals surface area contributed by atoms with Crippen molar-refractivity contribution in [3.05, 3.63) is 29.8 Å². The predicted molar refractivity (Wildman–Crippen MR) is 83.7 cm³/mol. The van der Waals surface area contributed by atoms with Crippen LogP contribution in [0.1, 0.15) is 24.8 Å². The highest BCUT2D eigenvalue weighted by molar-refractivity contribution is 8.00. The number of nitrogens with zero attached hydrogens (tertiary/aromatic N) is 1. The maximum absolute atomic E-state index is 12.8. The highest BCUT2D eigenvalue weighted by Gasteiger charge is 2.35. The predicted octanol–water partition coefficient (Wildman–Crippen LogP) is 2.56. The zero-order valence-electron chi connectivity index (χ0n) is 11.8. The Kier molecular flexibility index (Phi) is 4.19. The van der Waals surface area contributed by atoms with E-state index in [1.165, 1.54) is 6.42 Å². The van der Waals surface area contributed by atoms with E-state index in [2.05, 4.69) is 0 Å². The third-order valence-corrected chi connectivity index (χ3v) is 5.59. The van der Waals surface area contributed by atoms with Gasteiger partial charge in [-0.05, 0) is 36.6 Å². The molecule has 1 fully saturated rings. The Hall–Kier alpha value is -1.49. The van der Waals surface area contributed by atoms with Gasteiger partial charge in [-0.25, -0.2) is 0 Å². The van der Waals surface area contributed by atoms with Crippen LogP contribution in [-0.2, 0) is 16.0 Å². The van der Waals surface area contributed by atoms with Crippen LogP contribution in [0.2, 0.25) is 0 Å². The van der Waals surface area contributed by atoms with Crippen molar-refractivity contribution in [2.45, 2.75) is 30.9 Å². The summed E-state index contributed by atoms with van der Waals surface area (Å²) in [6.07, 6.45) is 3.66. The number of para-hydroxylation sites is 1. The van der Waals surface area contributed by atoms with Gasteiger partial charge in [0.25, 0.3) is 0 Å². The van der Waals surface area contributed by atoms with Crippen molar-refractivity contribution in [2.24, 2.45) is 5.92 Å². The lowest BCUT2D eigenvalue weighted by Crippen LogP contribution is -2.46. The minimum absolute atomic E-state index is 0.0145. The molecule has 0 spiro atoms. The molecular formula is C16H19NO3S. The van der Waals surface area contributed by atoms with E-state index in [-0.39, 0.29) is 11.2 Å². The molecule has 4 nitrogen and oxygen atoms in total. The summed E-state index contributed by atoms with van der Waals surface area (Å²) in [6, 6.07) is 7.67. The topological polar surface area (TPSA) is 57.6 Å². The molecule has 1 N–H and O–H groups in total. The molecule has 0 radical (unpaired) electrons. The van der Waals surface area contributed by atoms with Crippen LogP contribution < -0.4 is 4.90 Å². The average molecular weight is 305 g/mol. The number of anilines is 1. The summed E-state index contributed by atoms with van der Waals surface area (Å²) in [6.45, 7) is 0.294. The van der Waals surface area contributed by atoms with Crippen LogP contribution in [0.5, 0.6) is 0 Å². The number of rotatable bonds is 2. The van der Waals surface area contributed by atoms with Crippen molar-refractivity contribution in [3.63, 3.8) is 0 Å². The van der Waals surface area contributed by atoms with E-state index in [4.69, 9.17) is 0 Å². The van der Waals surface area contributed by atoms with Crippen molar-refractivity contribution in [1.29, 1.82) is 0 Å². The van der Waals surface area contributed by atoms with Gasteiger partial charge >= 0.3 is 5.97 Å². The fraction of sp³-hybridized carbons (Fsp3) is 0.500. The summed E-state index contributed by atoms with van der Waals surface area (Å²) in [5.74, 6) is -0.219. The van der Waals surface area contributed by atoms with Crippen molar-refractivity contribution < 1.29 is 14.7 Å². The van der Waals surface area contributed by atoms with Crippen LogP contribution in [0.25, 0.3) is 0 Å². The van der Waals surface area contributed by atoms with Crippen LogP contribution in [0.15, 0.2) is 24.3 Å². The number of carboxylic acid groups (broad SMARTS) is 1. The van der Waals surface area contributed by atoms with Gasteiger partial charge in [0.2, 0.25) is 5.91 Å². The molecule has 2 aliphatic rings. The monoisotopic (exact) mass is 305 g/mol. The number of hydrogen-bond acceptors (Lipinski definition) is 3. The Bertz CT molecular complexity index is 554. The SMILES string of the molecule is O=C(O)C1Cc2ccccc2N(C(=O)C2CCCCS2)C1. The lowest BCUT2D eigenvalue weighted by atomic mass is 9.92. The number of benzene rings is 1. The zero-order valence-corrected chi connectivity index (χ0v) is 12.6. The Morgan fingerprint density at radius 2 is 2.05 bits per heavy atom. The smallest absolute Gasteiger partial charge is 0.308 e. The second kappa shape index (κ2) is 6.10. The van der Waals surface area contributed by atoms with E-state index in [1.807, 2.05) is 24.3 Å². The number of carbonyl (C=O) groups excluding carboxylic acids is 1. The first kappa shape index (κ1) is 14.4. The van der Waals surface area contributed by atoms with Crippen LogP contribution in [0, 0.1) is 5.92 Å². The number of carbonyl (C=O) groups is 2. The third-order valence-electron chi connectivity index (χ3n) is 4.22. The first-order chi connectivity index (χ1) is 10.2. The molecule has 0 aromatic heterocycles. The molecule has 2 atom stereocenters. The minimum atomic E-state index is -0.821. The number of carboxylic acids is 1. The molecule has 3 rings (SSSR count). The van der Waals surface area contributed by atoms with Crippen molar-refractivity contribution in [3.8, 4) is 0 Å². The van der Waals surface area contributed by atoms with Gasteiger partial charge in [0.15, 0.2) is 0 Å². The van der Waals surface area contributed by atoms with Crippen molar-refractivity contribution >= 4 is 29.3 Å². The third kappa shape index (κ3) is 2.93. The summed E-state index contributed by atoms with van der Waals surface area (Å²) in [7, 11) is 0. The van der Waals surface area contributed by atoms with Gasteiger partial charge in [0.05, 0.1) is 11.2 Å². The summed E-state index contributed by atoms with van der Waals surface area (Å²) in [5, 5.41) is 9.32. The standard InChI is InChI=1S/C16H19NO3S/c18-15(14-7-3-4-8-21-14)17-10-12(16(19)20)9-11-5-1-2-6-13(11)17/h1-2,5-6,12,14H,3-4,7-10H2,(H,19,20). The number of hydrogen-bond donors (Lipinski definition) is 1. The molecule has 0 saturated carbocycles. The van der Waals surface area contributed by atoms with Crippen molar-refractivity contribution in [2.75, 3.05) is 17.2 Å². The van der Waals surface area contributed by atoms with Crippen LogP contribution >= 0.6 is 11.8 Å². The van der Waals surface area contributed by atoms with Gasteiger partial charge in [0, 0.05) is 12.2 Å². The molecular weight excluding hydrogens is 286 g/mol. The van der Waals surface area contributed by atoms with E-state index in [0.717, 1.165) is 29.8 Å². The first-order valence-corrected chi connectivity index (χ1v) is 8.45. The van der Waals surface area contributed by atoms with Gasteiger partial charge in [-0.15, -0.1) is 11.8 Å². The zero-order chi connectivity index (χ0) is 14.8. The maximum Gasteiger partial charge on any atom is 0.308 e. The number of aliphatic carboxylic acids is 1. The molecule has 1 aromatic rings. The lowest BCUT2D eigenvalue weighted by Gasteiger charge is -2.35. The number of amides is 1. The quantitative estimate of drug-likeness (QED) is 0.912. The Balaban J connectivity index is 1.88. The molecule has 2 unspecified atom stereocenters. The molecule has 5 heteroatoms. The van der Waals surface area contributed by atoms with Gasteiger partial charge < -0.3 is 10.0 Å². The minimum Gasteiger partial charge on any atom is -0.481 e. The maximum atomic E-state index is 12.8. The largest absolute Gasteiger partial charge is 0.481 e. The molecule has 2 heterocycles. The van der Waals surface area contributed by atoms with E-state index in [0.29, 0.717) is 13.0 Å². The Morgan fingerprint density at radius 1 is 1.24 bits per heavy atom. The van der Waals surface area contributed by atoms with Crippen LogP contribution in [0.4, 0.5) is 5.69 Å². The highest BCUT2D eigenvalue weighted by atomic mass is 32.2. The molecule has 0 aliphatic carbocycles. The highest BCUT2D eigenvalue weighted by Crippen LogP contribution is 2.34. The lowest BCUT2D eigenvalue weighted by molar-refractivity contribution is -0.141. The molecule has 2 aliphatic heterocycles. The summed E-state index contributed by atoms with van der Waals surface area (Å²) >= 11 is 1.71. The van der Waals surface area contributed by atoms with Crippen LogP contribution in [-0.4, -0.2) is 34.5 Å². The normalized spacial score (nSPS) is 25.2. The van der Waals surface area contributed by atoms with E-state index in [1.54, 1.807) is 16.7 Å². The molecule has 1 saturated heterocycles. The second-order valence-electron chi connectivity index (χ2n) is 5.67. The van der Waals surface area contributed by atoms with E-state index >= 15 is 0 Å². The van der Waals surface area contributed by atoms with E-state index in [9.17, 15) is 14.7 Å². The van der Waals surface area contributed by atoms with Gasteiger partial charge in [-0.3, -0.25) is 9.59 Å². The summed E-state index contributed by atoms with van der Waals surface area (Å²) in [5.41, 5.74) is 1.86. The second-order valence-corrected chi connectivity index (χ2v) is 6.98. The van der Waals surface area contributed by atoms with Gasteiger partial charge in [-0.1, -0.05) is 24.6 Å². The molecule has 1 aromatic carbocycles. The van der Waals surface area contributed by atoms with Crippen LogP contribution in [0.3, 0.4) is 0 Å². The molecule has 0 bridgehead atoms.